The first kappa shape index (κ1) is 18.5. The summed E-state index contributed by atoms with van der Waals surface area (Å²) in [5.74, 6) is -2.81. The number of carbonyl (C=O) groups excluding carboxylic acids is 2. The Morgan fingerprint density at radius 3 is 2.44 bits per heavy atom. The fourth-order valence-electron chi connectivity index (χ4n) is 2.15. The van der Waals surface area contributed by atoms with Gasteiger partial charge in [0.2, 0.25) is 5.91 Å². The number of aliphatic hydroxyl groups is 1. The van der Waals surface area contributed by atoms with E-state index in [-0.39, 0.29) is 24.5 Å². The number of rotatable bonds is 7. The zero-order chi connectivity index (χ0) is 18.2. The van der Waals surface area contributed by atoms with Gasteiger partial charge in [-0.3, -0.25) is 9.59 Å². The lowest BCUT2D eigenvalue weighted by atomic mass is 10.1. The van der Waals surface area contributed by atoms with Gasteiger partial charge in [-0.1, -0.05) is 12.1 Å². The van der Waals surface area contributed by atoms with Gasteiger partial charge in [-0.25, -0.2) is 8.78 Å². The summed E-state index contributed by atoms with van der Waals surface area (Å²) < 4.78 is 26.7. The second-order valence-electron chi connectivity index (χ2n) is 5.35. The predicted octanol–water partition coefficient (Wildman–Crippen LogP) is 2.26. The highest BCUT2D eigenvalue weighted by Crippen LogP contribution is 2.14. The molecular formula is C18H18F2N2O3. The van der Waals surface area contributed by atoms with E-state index >= 15 is 0 Å². The molecule has 0 aromatic heterocycles. The molecule has 0 heterocycles. The molecule has 0 radical (unpaired) electrons. The Morgan fingerprint density at radius 2 is 1.76 bits per heavy atom. The van der Waals surface area contributed by atoms with Crippen LogP contribution >= 0.6 is 0 Å². The number of aliphatic hydroxyl groups excluding tert-OH is 1. The molecule has 0 fully saturated rings. The molecule has 5 nitrogen and oxygen atoms in total. The van der Waals surface area contributed by atoms with E-state index in [9.17, 15) is 18.4 Å². The van der Waals surface area contributed by atoms with Gasteiger partial charge >= 0.3 is 0 Å². The van der Waals surface area contributed by atoms with E-state index in [1.165, 1.54) is 24.3 Å². The molecule has 0 spiro atoms. The maximum absolute atomic E-state index is 13.6. The van der Waals surface area contributed by atoms with Crippen LogP contribution in [0, 0.1) is 11.6 Å². The zero-order valence-corrected chi connectivity index (χ0v) is 13.4. The molecule has 0 aliphatic heterocycles. The van der Waals surface area contributed by atoms with Gasteiger partial charge in [0.15, 0.2) is 11.6 Å². The SMILES string of the molecule is O=C(Cc1cccc(F)c1F)Nc1ccc(C(=O)NCCCO)cc1. The molecule has 2 aromatic rings. The van der Waals surface area contributed by atoms with Crippen molar-refractivity contribution in [3.8, 4) is 0 Å². The first-order valence-electron chi connectivity index (χ1n) is 7.73. The summed E-state index contributed by atoms with van der Waals surface area (Å²) >= 11 is 0. The minimum absolute atomic E-state index is 0.00282. The summed E-state index contributed by atoms with van der Waals surface area (Å²) in [5.41, 5.74) is 0.818. The number of amides is 2. The molecule has 0 aliphatic carbocycles. The number of carbonyl (C=O) groups is 2. The number of anilines is 1. The van der Waals surface area contributed by atoms with Crippen molar-refractivity contribution in [2.75, 3.05) is 18.5 Å². The second-order valence-corrected chi connectivity index (χ2v) is 5.35. The molecule has 2 rings (SSSR count). The minimum Gasteiger partial charge on any atom is -0.396 e. The van der Waals surface area contributed by atoms with Gasteiger partial charge in [0.25, 0.3) is 5.91 Å². The summed E-state index contributed by atoms with van der Waals surface area (Å²) in [5, 5.41) is 13.9. The third-order valence-corrected chi connectivity index (χ3v) is 3.43. The van der Waals surface area contributed by atoms with Crippen molar-refractivity contribution in [1.82, 2.24) is 5.32 Å². The molecular weight excluding hydrogens is 330 g/mol. The molecule has 25 heavy (non-hydrogen) atoms. The van der Waals surface area contributed by atoms with Gasteiger partial charge in [0, 0.05) is 30.0 Å². The summed E-state index contributed by atoms with van der Waals surface area (Å²) in [6, 6.07) is 9.82. The lowest BCUT2D eigenvalue weighted by molar-refractivity contribution is -0.115. The highest BCUT2D eigenvalue weighted by Gasteiger charge is 2.12. The van der Waals surface area contributed by atoms with E-state index in [1.54, 1.807) is 12.1 Å². The van der Waals surface area contributed by atoms with Crippen molar-refractivity contribution in [2.24, 2.45) is 0 Å². The number of benzene rings is 2. The molecule has 0 unspecified atom stereocenters. The van der Waals surface area contributed by atoms with E-state index in [2.05, 4.69) is 10.6 Å². The highest BCUT2D eigenvalue weighted by molar-refractivity contribution is 5.96. The van der Waals surface area contributed by atoms with Crippen molar-refractivity contribution in [2.45, 2.75) is 12.8 Å². The molecule has 2 amide bonds. The van der Waals surface area contributed by atoms with Crippen LogP contribution in [0.25, 0.3) is 0 Å². The molecule has 2 aromatic carbocycles. The lowest BCUT2D eigenvalue weighted by Crippen LogP contribution is -2.25. The smallest absolute Gasteiger partial charge is 0.251 e. The third kappa shape index (κ3) is 5.36. The molecule has 0 saturated carbocycles. The fraction of sp³-hybridized carbons (Fsp3) is 0.222. The largest absolute Gasteiger partial charge is 0.396 e. The molecule has 0 atom stereocenters. The second kappa shape index (κ2) is 8.89. The highest BCUT2D eigenvalue weighted by atomic mass is 19.2. The first-order valence-corrected chi connectivity index (χ1v) is 7.73. The molecule has 7 heteroatoms. The van der Waals surface area contributed by atoms with Crippen LogP contribution in [0.4, 0.5) is 14.5 Å². The minimum atomic E-state index is -1.03. The van der Waals surface area contributed by atoms with Crippen LogP contribution in [0.5, 0.6) is 0 Å². The molecule has 0 aliphatic rings. The van der Waals surface area contributed by atoms with Crippen molar-refractivity contribution in [3.05, 3.63) is 65.2 Å². The van der Waals surface area contributed by atoms with Crippen molar-refractivity contribution >= 4 is 17.5 Å². The summed E-state index contributed by atoms with van der Waals surface area (Å²) in [6.07, 6.45) is 0.170. The van der Waals surface area contributed by atoms with Gasteiger partial charge < -0.3 is 15.7 Å². The van der Waals surface area contributed by atoms with E-state index in [1.807, 2.05) is 0 Å². The summed E-state index contributed by atoms with van der Waals surface area (Å²) in [7, 11) is 0. The van der Waals surface area contributed by atoms with Gasteiger partial charge in [-0.2, -0.15) is 0 Å². The van der Waals surface area contributed by atoms with Gasteiger partial charge in [0.05, 0.1) is 6.42 Å². The number of halogens is 2. The van der Waals surface area contributed by atoms with Crippen LogP contribution in [0.1, 0.15) is 22.3 Å². The zero-order valence-electron chi connectivity index (χ0n) is 13.4. The van der Waals surface area contributed by atoms with E-state index < -0.39 is 17.5 Å². The van der Waals surface area contributed by atoms with E-state index in [4.69, 9.17) is 5.11 Å². The molecule has 3 N–H and O–H groups in total. The maximum atomic E-state index is 13.6. The van der Waals surface area contributed by atoms with Crippen molar-refractivity contribution in [3.63, 3.8) is 0 Å². The number of nitrogens with one attached hydrogen (secondary N) is 2. The Balaban J connectivity index is 1.93. The lowest BCUT2D eigenvalue weighted by Gasteiger charge is -2.08. The Morgan fingerprint density at radius 1 is 1.04 bits per heavy atom. The quantitative estimate of drug-likeness (QED) is 0.672. The van der Waals surface area contributed by atoms with Crippen LogP contribution in [-0.4, -0.2) is 30.1 Å². The van der Waals surface area contributed by atoms with Crippen LogP contribution < -0.4 is 10.6 Å². The molecule has 0 bridgehead atoms. The Hall–Kier alpha value is -2.80. The number of hydrogen-bond acceptors (Lipinski definition) is 3. The van der Waals surface area contributed by atoms with Crippen LogP contribution in [0.3, 0.4) is 0 Å². The Kier molecular flexibility index (Phi) is 6.59. The van der Waals surface area contributed by atoms with Crippen LogP contribution in [0.15, 0.2) is 42.5 Å². The monoisotopic (exact) mass is 348 g/mol. The van der Waals surface area contributed by atoms with Gasteiger partial charge in [-0.15, -0.1) is 0 Å². The summed E-state index contributed by atoms with van der Waals surface area (Å²) in [6.45, 7) is 0.365. The topological polar surface area (TPSA) is 78.4 Å². The molecule has 132 valence electrons. The van der Waals surface area contributed by atoms with E-state index in [0.29, 0.717) is 24.2 Å². The predicted molar refractivity (Wildman–Crippen MR) is 89.2 cm³/mol. The fourth-order valence-corrected chi connectivity index (χ4v) is 2.15. The average Bonchev–Trinajstić information content (AvgIpc) is 2.59. The third-order valence-electron chi connectivity index (χ3n) is 3.43. The molecule has 0 saturated heterocycles. The van der Waals surface area contributed by atoms with Gasteiger partial charge in [0.1, 0.15) is 0 Å². The Labute approximate surface area is 143 Å². The standard InChI is InChI=1S/C18H18F2N2O3/c19-15-4-1-3-13(17(15)20)11-16(24)22-14-7-5-12(6-8-14)18(25)21-9-2-10-23/h1,3-8,23H,2,9-11H2,(H,21,25)(H,22,24). The first-order chi connectivity index (χ1) is 12.0. The van der Waals surface area contributed by atoms with Crippen molar-refractivity contribution in [1.29, 1.82) is 0 Å². The number of hydrogen-bond donors (Lipinski definition) is 3. The maximum Gasteiger partial charge on any atom is 0.251 e. The summed E-state index contributed by atoms with van der Waals surface area (Å²) in [4.78, 5) is 23.7. The average molecular weight is 348 g/mol. The van der Waals surface area contributed by atoms with Crippen LogP contribution in [-0.2, 0) is 11.2 Å². The normalized spacial score (nSPS) is 10.4. The van der Waals surface area contributed by atoms with Crippen molar-refractivity contribution < 1.29 is 23.5 Å². The van der Waals surface area contributed by atoms with Crippen LogP contribution in [0.2, 0.25) is 0 Å². The van der Waals surface area contributed by atoms with Gasteiger partial charge in [-0.05, 0) is 36.8 Å². The van der Waals surface area contributed by atoms with E-state index in [0.717, 1.165) is 6.07 Å². The Bertz CT molecular complexity index is 748.